The third-order valence-electron chi connectivity index (χ3n) is 3.00. The number of hydrogen-bond donors (Lipinski definition) is 4. The Labute approximate surface area is 143 Å². The zero-order valence-corrected chi connectivity index (χ0v) is 13.1. The van der Waals surface area contributed by atoms with E-state index in [4.69, 9.17) is 0 Å². The van der Waals surface area contributed by atoms with Crippen LogP contribution >= 0.6 is 0 Å². The van der Waals surface area contributed by atoms with Crippen molar-refractivity contribution in [2.24, 2.45) is 5.10 Å². The minimum Gasteiger partial charge on any atom is -0.364 e. The number of alkyl halides is 3. The van der Waals surface area contributed by atoms with E-state index in [0.29, 0.717) is 5.56 Å². The van der Waals surface area contributed by atoms with E-state index in [9.17, 15) is 27.6 Å². The molecule has 0 saturated heterocycles. The first-order valence-corrected chi connectivity index (χ1v) is 7.18. The molecule has 0 saturated carbocycles. The molecule has 1 amide bonds. The highest BCUT2D eigenvalue weighted by Crippen LogP contribution is 2.28. The van der Waals surface area contributed by atoms with Gasteiger partial charge >= 0.3 is 11.9 Å². The van der Waals surface area contributed by atoms with Crippen LogP contribution in [0.1, 0.15) is 17.5 Å². The molecular formula is C14H13F3N6O3. The highest BCUT2D eigenvalue weighted by molar-refractivity contribution is 5.82. The van der Waals surface area contributed by atoms with Crippen LogP contribution in [0.3, 0.4) is 0 Å². The summed E-state index contributed by atoms with van der Waals surface area (Å²) in [6.45, 7) is 0.0454. The maximum absolute atomic E-state index is 12.4. The van der Waals surface area contributed by atoms with Gasteiger partial charge < -0.3 is 5.32 Å². The van der Waals surface area contributed by atoms with Gasteiger partial charge in [0.15, 0.2) is 0 Å². The van der Waals surface area contributed by atoms with Gasteiger partial charge in [0.1, 0.15) is 0 Å². The molecule has 26 heavy (non-hydrogen) atoms. The summed E-state index contributed by atoms with van der Waals surface area (Å²) in [7, 11) is 0. The number of nitrogens with zero attached hydrogens (tertiary/aromatic N) is 2. The van der Waals surface area contributed by atoms with Gasteiger partial charge in [0.25, 0.3) is 5.56 Å². The summed E-state index contributed by atoms with van der Waals surface area (Å²) in [5, 5.41) is 11.7. The van der Waals surface area contributed by atoms with Crippen molar-refractivity contribution in [3.05, 3.63) is 56.2 Å². The van der Waals surface area contributed by atoms with Gasteiger partial charge in [-0.3, -0.25) is 14.6 Å². The lowest BCUT2D eigenvalue weighted by Gasteiger charge is -2.05. The van der Waals surface area contributed by atoms with Gasteiger partial charge in [-0.25, -0.2) is 15.3 Å². The predicted molar refractivity (Wildman–Crippen MR) is 85.8 cm³/mol. The van der Waals surface area contributed by atoms with E-state index in [-0.39, 0.29) is 18.8 Å². The fourth-order valence-electron chi connectivity index (χ4n) is 1.75. The van der Waals surface area contributed by atoms with E-state index in [1.54, 1.807) is 0 Å². The Kier molecular flexibility index (Phi) is 5.88. The van der Waals surface area contributed by atoms with Crippen molar-refractivity contribution >= 4 is 17.9 Å². The number of aromatic amines is 2. The molecule has 0 bridgehead atoms. The topological polar surface area (TPSA) is 132 Å². The molecule has 2 aromatic rings. The number of benzene rings is 1. The normalized spacial score (nSPS) is 11.5. The van der Waals surface area contributed by atoms with E-state index in [1.165, 1.54) is 18.3 Å². The second-order valence-corrected chi connectivity index (χ2v) is 4.95. The van der Waals surface area contributed by atoms with Gasteiger partial charge in [-0.1, -0.05) is 12.1 Å². The number of hydrazone groups is 1. The van der Waals surface area contributed by atoms with Gasteiger partial charge in [0.05, 0.1) is 11.8 Å². The molecule has 1 aromatic heterocycles. The van der Waals surface area contributed by atoms with Crippen LogP contribution in [-0.2, 0) is 11.0 Å². The smallest absolute Gasteiger partial charge is 0.364 e. The summed E-state index contributed by atoms with van der Waals surface area (Å²) < 4.78 is 37.3. The number of anilines is 1. The molecule has 4 N–H and O–H groups in total. The summed E-state index contributed by atoms with van der Waals surface area (Å²) in [5.41, 5.74) is 0.303. The maximum atomic E-state index is 12.4. The Hall–Kier alpha value is -3.44. The summed E-state index contributed by atoms with van der Waals surface area (Å²) in [5.74, 6) is -0.646. The second-order valence-electron chi connectivity index (χ2n) is 4.95. The first-order chi connectivity index (χ1) is 12.3. The molecule has 0 spiro atoms. The molecule has 0 unspecified atom stereocenters. The third-order valence-corrected chi connectivity index (χ3v) is 3.00. The summed E-state index contributed by atoms with van der Waals surface area (Å²) in [6.07, 6.45) is -3.29. The standard InChI is InChI=1S/C14H13F3N6O3/c15-14(16,17)9-3-1-8(2-4-9)7-19-21-10(24)5-6-18-11-12(25)20-13(26)23-22-11/h1-4,7H,5-6H2,(H,18,22)(H,21,24)(H2,20,23,25,26)/b19-7+. The van der Waals surface area contributed by atoms with Crippen LogP contribution in [0.5, 0.6) is 0 Å². The van der Waals surface area contributed by atoms with E-state index < -0.39 is 28.9 Å². The lowest BCUT2D eigenvalue weighted by molar-refractivity contribution is -0.137. The lowest BCUT2D eigenvalue weighted by atomic mass is 10.1. The van der Waals surface area contributed by atoms with Gasteiger partial charge in [0, 0.05) is 13.0 Å². The molecule has 0 aliphatic rings. The SMILES string of the molecule is O=C(CCNc1n[nH]c(=O)[nH]c1=O)N/N=C/c1ccc(C(F)(F)F)cc1. The largest absolute Gasteiger partial charge is 0.416 e. The molecule has 2 rings (SSSR count). The fraction of sp³-hybridized carbons (Fsp3) is 0.214. The zero-order valence-electron chi connectivity index (χ0n) is 13.1. The number of rotatable bonds is 6. The minimum absolute atomic E-state index is 0.0454. The Morgan fingerprint density at radius 3 is 2.54 bits per heavy atom. The fourth-order valence-corrected chi connectivity index (χ4v) is 1.75. The number of aromatic nitrogens is 3. The van der Waals surface area contributed by atoms with Gasteiger partial charge in [-0.05, 0) is 17.7 Å². The zero-order chi connectivity index (χ0) is 19.2. The summed E-state index contributed by atoms with van der Waals surface area (Å²) >= 11 is 0. The lowest BCUT2D eigenvalue weighted by Crippen LogP contribution is -2.28. The Bertz CT molecular complexity index is 902. The number of nitrogens with one attached hydrogen (secondary N) is 4. The van der Waals surface area contributed by atoms with Crippen LogP contribution in [0, 0.1) is 0 Å². The van der Waals surface area contributed by atoms with Crippen molar-refractivity contribution in [3.8, 4) is 0 Å². The molecule has 9 nitrogen and oxygen atoms in total. The van der Waals surface area contributed by atoms with Crippen LogP contribution in [0.4, 0.5) is 19.0 Å². The predicted octanol–water partition coefficient (Wildman–Crippen LogP) is 0.429. The second kappa shape index (κ2) is 8.09. The molecular weight excluding hydrogens is 357 g/mol. The summed E-state index contributed by atoms with van der Waals surface area (Å²) in [4.78, 5) is 35.7. The molecule has 1 aromatic carbocycles. The maximum Gasteiger partial charge on any atom is 0.416 e. The molecule has 0 aliphatic carbocycles. The monoisotopic (exact) mass is 370 g/mol. The average Bonchev–Trinajstić information content (AvgIpc) is 2.56. The van der Waals surface area contributed by atoms with Crippen LogP contribution in [-0.4, -0.2) is 33.8 Å². The molecule has 0 atom stereocenters. The van der Waals surface area contributed by atoms with Crippen LogP contribution in [0.15, 0.2) is 39.0 Å². The molecule has 0 radical (unpaired) electrons. The third kappa shape index (κ3) is 5.58. The van der Waals surface area contributed by atoms with Crippen molar-refractivity contribution in [3.63, 3.8) is 0 Å². The van der Waals surface area contributed by atoms with Crippen molar-refractivity contribution in [2.45, 2.75) is 12.6 Å². The molecule has 1 heterocycles. The van der Waals surface area contributed by atoms with E-state index in [1.807, 2.05) is 10.1 Å². The van der Waals surface area contributed by atoms with Crippen LogP contribution in [0.25, 0.3) is 0 Å². The number of amides is 1. The van der Waals surface area contributed by atoms with Gasteiger partial charge in [-0.2, -0.15) is 18.3 Å². The average molecular weight is 370 g/mol. The first-order valence-electron chi connectivity index (χ1n) is 7.18. The van der Waals surface area contributed by atoms with E-state index in [2.05, 4.69) is 20.9 Å². The highest BCUT2D eigenvalue weighted by Gasteiger charge is 2.29. The van der Waals surface area contributed by atoms with Gasteiger partial charge in [0.2, 0.25) is 11.7 Å². The van der Waals surface area contributed by atoms with Crippen LogP contribution < -0.4 is 22.0 Å². The van der Waals surface area contributed by atoms with Gasteiger partial charge in [-0.15, -0.1) is 5.10 Å². The molecule has 0 aliphatic heterocycles. The molecule has 12 heteroatoms. The number of halogens is 3. The van der Waals surface area contributed by atoms with Crippen molar-refractivity contribution in [1.29, 1.82) is 0 Å². The molecule has 138 valence electrons. The van der Waals surface area contributed by atoms with Crippen molar-refractivity contribution < 1.29 is 18.0 Å². The van der Waals surface area contributed by atoms with E-state index >= 15 is 0 Å². The van der Waals surface area contributed by atoms with Crippen LogP contribution in [0.2, 0.25) is 0 Å². The van der Waals surface area contributed by atoms with Crippen molar-refractivity contribution in [1.82, 2.24) is 20.6 Å². The first kappa shape index (κ1) is 18.9. The van der Waals surface area contributed by atoms with Crippen molar-refractivity contribution in [2.75, 3.05) is 11.9 Å². The molecule has 0 fully saturated rings. The number of carbonyl (C=O) groups is 1. The minimum atomic E-state index is -4.42. The number of hydrogen-bond acceptors (Lipinski definition) is 6. The number of carbonyl (C=O) groups excluding carboxylic acids is 1. The Morgan fingerprint density at radius 1 is 1.23 bits per heavy atom. The Balaban J connectivity index is 1.78. The quantitative estimate of drug-likeness (QED) is 0.432. The highest BCUT2D eigenvalue weighted by atomic mass is 19.4. The number of H-pyrrole nitrogens is 2. The van der Waals surface area contributed by atoms with E-state index in [0.717, 1.165) is 12.1 Å². The Morgan fingerprint density at radius 2 is 1.92 bits per heavy atom. The summed E-state index contributed by atoms with van der Waals surface area (Å²) in [6, 6.07) is 4.24.